The average Bonchev–Trinajstić information content (AvgIpc) is 2.71. The highest BCUT2D eigenvalue weighted by Gasteiger charge is 2.28. The molecular formula is C14H22N2O2. The van der Waals surface area contributed by atoms with Gasteiger partial charge in [-0.3, -0.25) is 4.90 Å². The molecule has 1 heterocycles. The molecule has 0 saturated heterocycles. The molecule has 1 aromatic rings. The predicted octanol–water partition coefficient (Wildman–Crippen LogP) is 0.819. The van der Waals surface area contributed by atoms with Gasteiger partial charge in [-0.15, -0.1) is 0 Å². The first kappa shape index (κ1) is 13.5. The quantitative estimate of drug-likeness (QED) is 0.734. The van der Waals surface area contributed by atoms with Gasteiger partial charge in [0.2, 0.25) is 0 Å². The first-order chi connectivity index (χ1) is 8.76. The van der Waals surface area contributed by atoms with Crippen LogP contribution in [0.25, 0.3) is 0 Å². The van der Waals surface area contributed by atoms with Crippen LogP contribution in [-0.4, -0.2) is 42.9 Å². The maximum absolute atomic E-state index is 8.67. The van der Waals surface area contributed by atoms with E-state index in [1.165, 1.54) is 16.7 Å². The summed E-state index contributed by atoms with van der Waals surface area (Å²) in [6, 6.07) is 6.89. The van der Waals surface area contributed by atoms with Crippen LogP contribution in [0.2, 0.25) is 0 Å². The lowest BCUT2D eigenvalue weighted by Crippen LogP contribution is -2.31. The van der Waals surface area contributed by atoms with E-state index in [2.05, 4.69) is 30.0 Å². The highest BCUT2D eigenvalue weighted by Crippen LogP contribution is 2.33. The highest BCUT2D eigenvalue weighted by atomic mass is 16.5. The number of aliphatic hydroxyl groups excluding tert-OH is 1. The smallest absolute Gasteiger partial charge is 0.0698 e. The van der Waals surface area contributed by atoms with Crippen LogP contribution < -0.4 is 5.73 Å². The van der Waals surface area contributed by atoms with E-state index < -0.39 is 0 Å². The molecule has 1 aliphatic rings. The molecule has 0 bridgehead atoms. The molecule has 0 aliphatic carbocycles. The summed E-state index contributed by atoms with van der Waals surface area (Å²) in [5.74, 6) is 0. The van der Waals surface area contributed by atoms with Gasteiger partial charge >= 0.3 is 0 Å². The number of hydrogen-bond acceptors (Lipinski definition) is 4. The van der Waals surface area contributed by atoms with Crippen LogP contribution in [0.15, 0.2) is 18.2 Å². The summed E-state index contributed by atoms with van der Waals surface area (Å²) in [7, 11) is 0. The van der Waals surface area contributed by atoms with E-state index in [0.717, 1.165) is 13.1 Å². The summed E-state index contributed by atoms with van der Waals surface area (Å²) >= 11 is 0. The molecule has 100 valence electrons. The van der Waals surface area contributed by atoms with Crippen molar-refractivity contribution in [2.24, 2.45) is 5.73 Å². The van der Waals surface area contributed by atoms with E-state index in [9.17, 15) is 0 Å². The molecule has 1 unspecified atom stereocenters. The summed E-state index contributed by atoms with van der Waals surface area (Å²) in [6.07, 6.45) is 0. The molecule has 1 aliphatic heterocycles. The van der Waals surface area contributed by atoms with Crippen molar-refractivity contribution >= 4 is 0 Å². The van der Waals surface area contributed by atoms with Crippen LogP contribution in [0.5, 0.6) is 0 Å². The number of ether oxygens (including phenoxy) is 1. The summed E-state index contributed by atoms with van der Waals surface area (Å²) in [6.45, 7) is 5.68. The fraction of sp³-hybridized carbons (Fsp3) is 0.571. The van der Waals surface area contributed by atoms with Gasteiger partial charge in [0.15, 0.2) is 0 Å². The maximum atomic E-state index is 8.67. The van der Waals surface area contributed by atoms with E-state index in [4.69, 9.17) is 15.6 Å². The van der Waals surface area contributed by atoms with Crippen LogP contribution in [0.1, 0.15) is 22.7 Å². The zero-order valence-corrected chi connectivity index (χ0v) is 10.9. The van der Waals surface area contributed by atoms with E-state index in [1.54, 1.807) is 0 Å². The number of nitrogens with zero attached hydrogens (tertiary/aromatic N) is 1. The lowest BCUT2D eigenvalue weighted by atomic mass is 10.0. The van der Waals surface area contributed by atoms with E-state index in [1.807, 2.05) is 0 Å². The molecule has 0 aromatic heterocycles. The third kappa shape index (κ3) is 2.90. The normalized spacial score (nSPS) is 19.2. The second-order valence-corrected chi connectivity index (χ2v) is 4.76. The third-order valence-electron chi connectivity index (χ3n) is 3.46. The molecule has 0 fully saturated rings. The molecule has 18 heavy (non-hydrogen) atoms. The minimum Gasteiger partial charge on any atom is -0.394 e. The van der Waals surface area contributed by atoms with Crippen molar-refractivity contribution < 1.29 is 9.84 Å². The number of hydrogen-bond donors (Lipinski definition) is 2. The van der Waals surface area contributed by atoms with Gasteiger partial charge in [0.05, 0.1) is 19.8 Å². The maximum Gasteiger partial charge on any atom is 0.0698 e. The molecule has 1 atom stereocenters. The molecular weight excluding hydrogens is 228 g/mol. The standard InChI is InChI=1S/C14H22N2O2/c1-11-2-3-12-10-16(4-6-18-7-5-17)14(9-15)13(12)8-11/h2-3,8,14,17H,4-7,9-10,15H2,1H3. The molecule has 0 radical (unpaired) electrons. The number of benzene rings is 1. The van der Waals surface area contributed by atoms with Crippen molar-refractivity contribution in [2.45, 2.75) is 19.5 Å². The van der Waals surface area contributed by atoms with Gasteiger partial charge in [0.1, 0.15) is 0 Å². The van der Waals surface area contributed by atoms with Gasteiger partial charge in [-0.05, 0) is 18.1 Å². The minimum atomic E-state index is 0.0831. The zero-order valence-electron chi connectivity index (χ0n) is 10.9. The largest absolute Gasteiger partial charge is 0.394 e. The van der Waals surface area contributed by atoms with Crippen LogP contribution in [0.4, 0.5) is 0 Å². The molecule has 1 aromatic carbocycles. The summed E-state index contributed by atoms with van der Waals surface area (Å²) in [5.41, 5.74) is 9.91. The Labute approximate surface area is 108 Å². The highest BCUT2D eigenvalue weighted by molar-refractivity contribution is 5.37. The summed E-state index contributed by atoms with van der Waals surface area (Å²) in [5, 5.41) is 8.67. The van der Waals surface area contributed by atoms with Crippen LogP contribution in [-0.2, 0) is 11.3 Å². The molecule has 0 amide bonds. The average molecular weight is 250 g/mol. The second kappa shape index (κ2) is 6.29. The number of nitrogens with two attached hydrogens (primary N) is 1. The number of aryl methyl sites for hydroxylation is 1. The van der Waals surface area contributed by atoms with Gasteiger partial charge in [-0.2, -0.15) is 0 Å². The number of aliphatic hydroxyl groups is 1. The molecule has 0 saturated carbocycles. The lowest BCUT2D eigenvalue weighted by molar-refractivity contribution is 0.0657. The Hall–Kier alpha value is -0.940. The molecule has 3 N–H and O–H groups in total. The van der Waals surface area contributed by atoms with Crippen molar-refractivity contribution in [3.05, 3.63) is 34.9 Å². The van der Waals surface area contributed by atoms with Crippen LogP contribution in [0, 0.1) is 6.92 Å². The summed E-state index contributed by atoms with van der Waals surface area (Å²) in [4.78, 5) is 2.35. The van der Waals surface area contributed by atoms with Crippen LogP contribution in [0.3, 0.4) is 0 Å². The number of rotatable bonds is 6. The Balaban J connectivity index is 1.99. The molecule has 2 rings (SSSR count). The van der Waals surface area contributed by atoms with Gasteiger partial charge in [-0.1, -0.05) is 23.8 Å². The topological polar surface area (TPSA) is 58.7 Å². The Morgan fingerprint density at radius 3 is 3.00 bits per heavy atom. The Bertz CT molecular complexity index is 395. The monoisotopic (exact) mass is 250 g/mol. The summed E-state index contributed by atoms with van der Waals surface area (Å²) < 4.78 is 5.33. The van der Waals surface area contributed by atoms with E-state index in [-0.39, 0.29) is 6.61 Å². The SMILES string of the molecule is Cc1ccc2c(c1)C(CN)N(CCOCCO)C2. The fourth-order valence-electron chi connectivity index (χ4n) is 2.55. The van der Waals surface area contributed by atoms with E-state index >= 15 is 0 Å². The van der Waals surface area contributed by atoms with Crippen LogP contribution >= 0.6 is 0 Å². The molecule has 0 spiro atoms. The molecule has 4 heteroatoms. The fourth-order valence-corrected chi connectivity index (χ4v) is 2.55. The second-order valence-electron chi connectivity index (χ2n) is 4.76. The van der Waals surface area contributed by atoms with Gasteiger partial charge < -0.3 is 15.6 Å². The Morgan fingerprint density at radius 1 is 1.44 bits per heavy atom. The Morgan fingerprint density at radius 2 is 2.28 bits per heavy atom. The zero-order chi connectivity index (χ0) is 13.0. The van der Waals surface area contributed by atoms with Crippen molar-refractivity contribution in [1.82, 2.24) is 4.90 Å². The molecule has 4 nitrogen and oxygen atoms in total. The van der Waals surface area contributed by atoms with Crippen molar-refractivity contribution in [3.8, 4) is 0 Å². The third-order valence-corrected chi connectivity index (χ3v) is 3.46. The van der Waals surface area contributed by atoms with Gasteiger partial charge in [-0.25, -0.2) is 0 Å². The first-order valence-electron chi connectivity index (χ1n) is 6.48. The van der Waals surface area contributed by atoms with E-state index in [0.29, 0.717) is 25.8 Å². The first-order valence-corrected chi connectivity index (χ1v) is 6.48. The Kier molecular flexibility index (Phi) is 4.72. The van der Waals surface area contributed by atoms with Gasteiger partial charge in [0.25, 0.3) is 0 Å². The lowest BCUT2D eigenvalue weighted by Gasteiger charge is -2.23. The van der Waals surface area contributed by atoms with Crippen molar-refractivity contribution in [1.29, 1.82) is 0 Å². The number of fused-ring (bicyclic) bond motifs is 1. The minimum absolute atomic E-state index is 0.0831. The predicted molar refractivity (Wildman–Crippen MR) is 71.3 cm³/mol. The van der Waals surface area contributed by atoms with Gasteiger partial charge in [0, 0.05) is 25.7 Å². The van der Waals surface area contributed by atoms with Crippen molar-refractivity contribution in [3.63, 3.8) is 0 Å². The van der Waals surface area contributed by atoms with Crippen molar-refractivity contribution in [2.75, 3.05) is 32.9 Å².